The van der Waals surface area contributed by atoms with E-state index in [1.54, 1.807) is 0 Å². The molecule has 0 saturated carbocycles. The summed E-state index contributed by atoms with van der Waals surface area (Å²) >= 11 is 0. The van der Waals surface area contributed by atoms with Gasteiger partial charge in [0.15, 0.2) is 0 Å². The minimum Gasteiger partial charge on any atom is -0.326 e. The average Bonchev–Trinajstić information content (AvgIpc) is 2.20. The number of hydrogen-bond donors (Lipinski definition) is 1. The van der Waals surface area contributed by atoms with Gasteiger partial charge in [-0.3, -0.25) is 4.90 Å². The lowest BCUT2D eigenvalue weighted by atomic mass is 9.99. The average molecular weight is 213 g/mol. The zero-order chi connectivity index (χ0) is 11.4. The Morgan fingerprint density at radius 3 is 2.60 bits per heavy atom. The van der Waals surface area contributed by atoms with Gasteiger partial charge in [0.2, 0.25) is 0 Å². The molecule has 90 valence electrons. The van der Waals surface area contributed by atoms with Crippen LogP contribution in [0.4, 0.5) is 0 Å². The summed E-state index contributed by atoms with van der Waals surface area (Å²) in [5.74, 6) is 0.636. The van der Waals surface area contributed by atoms with Crippen molar-refractivity contribution >= 4 is 0 Å². The van der Waals surface area contributed by atoms with E-state index in [1.807, 2.05) is 0 Å². The third-order valence-electron chi connectivity index (χ3n) is 3.79. The lowest BCUT2D eigenvalue weighted by molar-refractivity contribution is 0.0886. The summed E-state index contributed by atoms with van der Waals surface area (Å²) in [6.45, 7) is 11.4. The molecule has 0 aromatic carbocycles. The van der Waals surface area contributed by atoms with E-state index >= 15 is 0 Å². The van der Waals surface area contributed by atoms with Gasteiger partial charge in [-0.25, -0.2) is 0 Å². The smallest absolute Gasteiger partial charge is 0.0195 e. The highest BCUT2D eigenvalue weighted by molar-refractivity contribution is 4.81. The number of nitrogens with zero attached hydrogens (tertiary/aromatic N) is 2. The SMILES string of the molecule is CCC(C)C(N)CN1CCN(C)CC1C. The van der Waals surface area contributed by atoms with Gasteiger partial charge in [-0.2, -0.15) is 0 Å². The Balaban J connectivity index is 2.37. The first kappa shape index (κ1) is 12.9. The number of nitrogens with two attached hydrogens (primary N) is 1. The van der Waals surface area contributed by atoms with Crippen LogP contribution < -0.4 is 5.73 Å². The summed E-state index contributed by atoms with van der Waals surface area (Å²) in [5.41, 5.74) is 6.20. The van der Waals surface area contributed by atoms with Gasteiger partial charge >= 0.3 is 0 Å². The summed E-state index contributed by atoms with van der Waals surface area (Å²) < 4.78 is 0. The van der Waals surface area contributed by atoms with Gasteiger partial charge in [0.1, 0.15) is 0 Å². The predicted octanol–water partition coefficient (Wildman–Crippen LogP) is 0.996. The molecule has 3 atom stereocenters. The van der Waals surface area contributed by atoms with Crippen molar-refractivity contribution in [2.75, 3.05) is 33.2 Å². The van der Waals surface area contributed by atoms with E-state index < -0.39 is 0 Å². The fraction of sp³-hybridized carbons (Fsp3) is 1.00. The van der Waals surface area contributed by atoms with Crippen molar-refractivity contribution < 1.29 is 0 Å². The maximum Gasteiger partial charge on any atom is 0.0195 e. The second-order valence-corrected chi connectivity index (χ2v) is 5.16. The van der Waals surface area contributed by atoms with Gasteiger partial charge in [-0.1, -0.05) is 20.3 Å². The zero-order valence-corrected chi connectivity index (χ0v) is 10.7. The van der Waals surface area contributed by atoms with Crippen molar-refractivity contribution in [3.05, 3.63) is 0 Å². The Morgan fingerprint density at radius 2 is 2.07 bits per heavy atom. The van der Waals surface area contributed by atoms with Crippen molar-refractivity contribution in [1.29, 1.82) is 0 Å². The van der Waals surface area contributed by atoms with Crippen LogP contribution in [0.5, 0.6) is 0 Å². The van der Waals surface area contributed by atoms with Crippen molar-refractivity contribution in [3.8, 4) is 0 Å². The number of hydrogen-bond acceptors (Lipinski definition) is 3. The van der Waals surface area contributed by atoms with E-state index in [0.29, 0.717) is 18.0 Å². The van der Waals surface area contributed by atoms with E-state index in [2.05, 4.69) is 37.6 Å². The Morgan fingerprint density at radius 1 is 1.40 bits per heavy atom. The first-order valence-corrected chi connectivity index (χ1v) is 6.22. The standard InChI is InChI=1S/C12H27N3/c1-5-10(2)12(13)9-15-7-6-14(4)8-11(15)3/h10-12H,5-9,13H2,1-4H3. The van der Waals surface area contributed by atoms with Crippen LogP contribution in [-0.2, 0) is 0 Å². The summed E-state index contributed by atoms with van der Waals surface area (Å²) in [4.78, 5) is 4.94. The third-order valence-corrected chi connectivity index (χ3v) is 3.79. The van der Waals surface area contributed by atoms with Crippen LogP contribution in [0.1, 0.15) is 27.2 Å². The topological polar surface area (TPSA) is 32.5 Å². The van der Waals surface area contributed by atoms with Crippen LogP contribution in [0.3, 0.4) is 0 Å². The third kappa shape index (κ3) is 3.74. The van der Waals surface area contributed by atoms with Gasteiger partial charge < -0.3 is 10.6 Å². The lowest BCUT2D eigenvalue weighted by Gasteiger charge is -2.40. The molecule has 0 aromatic rings. The Kier molecular flexibility index (Phi) is 5.03. The number of rotatable bonds is 4. The van der Waals surface area contributed by atoms with Crippen LogP contribution in [0, 0.1) is 5.92 Å². The first-order chi connectivity index (χ1) is 7.04. The molecule has 3 nitrogen and oxygen atoms in total. The maximum absolute atomic E-state index is 6.20. The Labute approximate surface area is 94.6 Å². The molecule has 3 heteroatoms. The van der Waals surface area contributed by atoms with Gasteiger partial charge in [0.25, 0.3) is 0 Å². The molecule has 3 unspecified atom stereocenters. The van der Waals surface area contributed by atoms with Crippen LogP contribution in [0.25, 0.3) is 0 Å². The molecule has 1 fully saturated rings. The van der Waals surface area contributed by atoms with Crippen molar-refractivity contribution in [1.82, 2.24) is 9.80 Å². The summed E-state index contributed by atoms with van der Waals surface area (Å²) in [6, 6.07) is 0.986. The van der Waals surface area contributed by atoms with Crippen LogP contribution in [-0.4, -0.2) is 55.1 Å². The number of piperazine rings is 1. The quantitative estimate of drug-likeness (QED) is 0.756. The monoisotopic (exact) mass is 213 g/mol. The van der Waals surface area contributed by atoms with Crippen LogP contribution in [0.2, 0.25) is 0 Å². The molecule has 0 spiro atoms. The molecule has 1 aliphatic rings. The van der Waals surface area contributed by atoms with Crippen molar-refractivity contribution in [2.45, 2.75) is 39.3 Å². The van der Waals surface area contributed by atoms with E-state index in [9.17, 15) is 0 Å². The first-order valence-electron chi connectivity index (χ1n) is 6.22. The molecule has 2 N–H and O–H groups in total. The van der Waals surface area contributed by atoms with Gasteiger partial charge in [-0.05, 0) is 19.9 Å². The zero-order valence-electron chi connectivity index (χ0n) is 10.7. The van der Waals surface area contributed by atoms with Gasteiger partial charge in [-0.15, -0.1) is 0 Å². The summed E-state index contributed by atoms with van der Waals surface area (Å²) in [6.07, 6.45) is 1.18. The highest BCUT2D eigenvalue weighted by atomic mass is 15.3. The molecule has 1 aliphatic heterocycles. The molecule has 0 amide bonds. The van der Waals surface area contributed by atoms with E-state index in [4.69, 9.17) is 5.73 Å². The van der Waals surface area contributed by atoms with Crippen LogP contribution in [0.15, 0.2) is 0 Å². The minimum absolute atomic E-state index is 0.334. The summed E-state index contributed by atoms with van der Waals surface area (Å²) in [7, 11) is 2.20. The van der Waals surface area contributed by atoms with Crippen LogP contribution >= 0.6 is 0 Å². The molecule has 1 heterocycles. The Hall–Kier alpha value is -0.120. The minimum atomic E-state index is 0.334. The highest BCUT2D eigenvalue weighted by Crippen LogP contribution is 2.12. The molecule has 0 bridgehead atoms. The molecular weight excluding hydrogens is 186 g/mol. The van der Waals surface area contributed by atoms with Crippen molar-refractivity contribution in [2.24, 2.45) is 11.7 Å². The fourth-order valence-electron chi connectivity index (χ4n) is 2.20. The normalized spacial score (nSPS) is 29.0. The molecule has 15 heavy (non-hydrogen) atoms. The molecule has 0 aromatic heterocycles. The van der Waals surface area contributed by atoms with E-state index in [0.717, 1.165) is 6.54 Å². The highest BCUT2D eigenvalue weighted by Gasteiger charge is 2.24. The predicted molar refractivity (Wildman–Crippen MR) is 66.0 cm³/mol. The Bertz CT molecular complexity index is 184. The van der Waals surface area contributed by atoms with Crippen molar-refractivity contribution in [3.63, 3.8) is 0 Å². The van der Waals surface area contributed by atoms with E-state index in [1.165, 1.54) is 26.1 Å². The largest absolute Gasteiger partial charge is 0.326 e. The molecule has 0 aliphatic carbocycles. The molecular formula is C12H27N3. The lowest BCUT2D eigenvalue weighted by Crippen LogP contribution is -2.54. The molecule has 0 radical (unpaired) electrons. The fourth-order valence-corrected chi connectivity index (χ4v) is 2.20. The van der Waals surface area contributed by atoms with E-state index in [-0.39, 0.29) is 0 Å². The van der Waals surface area contributed by atoms with Gasteiger partial charge in [0, 0.05) is 38.3 Å². The second kappa shape index (κ2) is 5.83. The molecule has 1 saturated heterocycles. The van der Waals surface area contributed by atoms with Gasteiger partial charge in [0.05, 0.1) is 0 Å². The second-order valence-electron chi connectivity index (χ2n) is 5.16. The molecule has 1 rings (SSSR count). The summed E-state index contributed by atoms with van der Waals surface area (Å²) in [5, 5.41) is 0. The number of likely N-dealkylation sites (N-methyl/N-ethyl adjacent to an activating group) is 1. The maximum atomic E-state index is 6.20.